The molecule has 0 bridgehead atoms. The Morgan fingerprint density at radius 3 is 2.64 bits per heavy atom. The van der Waals surface area contributed by atoms with Gasteiger partial charge in [-0.25, -0.2) is 9.97 Å². The van der Waals surface area contributed by atoms with E-state index in [-0.39, 0.29) is 18.2 Å². The second-order valence-electron chi connectivity index (χ2n) is 5.30. The van der Waals surface area contributed by atoms with Gasteiger partial charge < -0.3 is 20.5 Å². The number of nitrogens with one attached hydrogen (secondary N) is 1. The predicted molar refractivity (Wildman–Crippen MR) is 85.2 cm³/mol. The first-order chi connectivity index (χ1) is 10.7. The number of nitrogens with two attached hydrogens (primary N) is 1. The molecule has 1 aromatic rings. The van der Waals surface area contributed by atoms with Crippen molar-refractivity contribution >= 4 is 18.0 Å². The number of allylic oxidation sites excluding steroid dienone is 1. The molecule has 116 valence electrons. The molecule has 22 heavy (non-hydrogen) atoms. The minimum absolute atomic E-state index is 0.0327. The summed E-state index contributed by atoms with van der Waals surface area (Å²) in [5, 5.41) is 5.06. The minimum atomic E-state index is -0.165. The van der Waals surface area contributed by atoms with Gasteiger partial charge in [-0.3, -0.25) is 0 Å². The van der Waals surface area contributed by atoms with Crippen molar-refractivity contribution in [1.82, 2.24) is 9.97 Å². The van der Waals surface area contributed by atoms with Crippen LogP contribution in [0.15, 0.2) is 30.3 Å². The number of ether oxygens (including phenoxy) is 2. The van der Waals surface area contributed by atoms with Gasteiger partial charge in [-0.1, -0.05) is 6.08 Å². The topological polar surface area (TPSA) is 82.3 Å². The molecule has 3 rings (SSSR count). The van der Waals surface area contributed by atoms with Crippen molar-refractivity contribution in [2.45, 2.75) is 24.7 Å². The van der Waals surface area contributed by atoms with Crippen molar-refractivity contribution in [2.75, 3.05) is 19.5 Å². The van der Waals surface area contributed by atoms with E-state index in [1.165, 1.54) is 0 Å². The molecular weight excluding hydrogens is 280 g/mol. The van der Waals surface area contributed by atoms with Crippen LogP contribution in [-0.4, -0.2) is 42.4 Å². The number of fused-ring (bicyclic) bond motifs is 1. The van der Waals surface area contributed by atoms with Gasteiger partial charge in [-0.05, 0) is 30.7 Å². The zero-order valence-electron chi connectivity index (χ0n) is 12.7. The van der Waals surface area contributed by atoms with E-state index in [1.54, 1.807) is 20.5 Å². The predicted octanol–water partition coefficient (Wildman–Crippen LogP) is -0.336. The maximum Gasteiger partial charge on any atom is 0.141 e. The van der Waals surface area contributed by atoms with Crippen molar-refractivity contribution in [3.8, 4) is 0 Å². The van der Waals surface area contributed by atoms with E-state index >= 15 is 0 Å². The lowest BCUT2D eigenvalue weighted by Gasteiger charge is -2.22. The molecule has 0 saturated carbocycles. The van der Waals surface area contributed by atoms with Gasteiger partial charge in [-0.15, -0.1) is 0 Å². The SMILES string of the molecule is COC1C=c2ncnc(NC3=CC(N)CC=C3)c2=CC1OC. The fourth-order valence-electron chi connectivity index (χ4n) is 2.65. The second-order valence-corrected chi connectivity index (χ2v) is 5.30. The largest absolute Gasteiger partial charge is 0.374 e. The molecule has 2 aliphatic rings. The van der Waals surface area contributed by atoms with Gasteiger partial charge in [0.05, 0.1) is 5.35 Å². The molecule has 0 spiro atoms. The van der Waals surface area contributed by atoms with Crippen LogP contribution >= 0.6 is 0 Å². The molecular formula is C16H20N4O2. The fourth-order valence-corrected chi connectivity index (χ4v) is 2.65. The van der Waals surface area contributed by atoms with Gasteiger partial charge in [0.15, 0.2) is 0 Å². The Bertz CT molecular complexity index is 726. The molecule has 3 N–H and O–H groups in total. The fraction of sp³-hybridized carbons (Fsp3) is 0.375. The summed E-state index contributed by atoms with van der Waals surface area (Å²) >= 11 is 0. The standard InChI is InChI=1S/C16H20N4O2/c1-21-14-7-12-13(8-15(14)22-2)18-9-19-16(12)20-11-5-3-4-10(17)6-11/h3,5-10,14-15H,4,17H2,1-2H3,(H,18,19,20). The summed E-state index contributed by atoms with van der Waals surface area (Å²) in [6, 6.07) is 0.0327. The normalized spacial score (nSPS) is 26.5. The molecule has 2 aliphatic carbocycles. The van der Waals surface area contributed by atoms with Crippen molar-refractivity contribution in [2.24, 2.45) is 5.73 Å². The van der Waals surface area contributed by atoms with E-state index in [1.807, 2.05) is 24.3 Å². The highest BCUT2D eigenvalue weighted by atomic mass is 16.5. The van der Waals surface area contributed by atoms with Crippen LogP contribution in [0.25, 0.3) is 12.2 Å². The molecule has 1 aromatic heterocycles. The van der Waals surface area contributed by atoms with E-state index in [0.29, 0.717) is 0 Å². The molecule has 0 fully saturated rings. The van der Waals surface area contributed by atoms with E-state index < -0.39 is 0 Å². The first-order valence-corrected chi connectivity index (χ1v) is 7.22. The van der Waals surface area contributed by atoms with Crippen LogP contribution in [0.1, 0.15) is 6.42 Å². The van der Waals surface area contributed by atoms with Gasteiger partial charge in [-0.2, -0.15) is 0 Å². The lowest BCUT2D eigenvalue weighted by molar-refractivity contribution is 0.0303. The second kappa shape index (κ2) is 6.39. The third-order valence-electron chi connectivity index (χ3n) is 3.80. The van der Waals surface area contributed by atoms with Crippen LogP contribution in [-0.2, 0) is 9.47 Å². The molecule has 6 heteroatoms. The molecule has 6 nitrogen and oxygen atoms in total. The van der Waals surface area contributed by atoms with Gasteiger partial charge in [0, 0.05) is 31.2 Å². The Hall–Kier alpha value is -2.02. The summed E-state index contributed by atoms with van der Waals surface area (Å²) in [6.45, 7) is 0. The zero-order valence-corrected chi connectivity index (χ0v) is 12.7. The van der Waals surface area contributed by atoms with Crippen molar-refractivity contribution in [3.63, 3.8) is 0 Å². The smallest absolute Gasteiger partial charge is 0.141 e. The number of hydrogen-bond acceptors (Lipinski definition) is 6. The highest BCUT2D eigenvalue weighted by Crippen LogP contribution is 2.12. The van der Waals surface area contributed by atoms with Crippen molar-refractivity contribution in [1.29, 1.82) is 0 Å². The number of nitrogens with zero attached hydrogens (tertiary/aromatic N) is 2. The van der Waals surface area contributed by atoms with Gasteiger partial charge in [0.1, 0.15) is 24.4 Å². The van der Waals surface area contributed by atoms with E-state index in [9.17, 15) is 0 Å². The van der Waals surface area contributed by atoms with Crippen LogP contribution in [0.5, 0.6) is 0 Å². The Kier molecular flexibility index (Phi) is 4.33. The number of aromatic nitrogens is 2. The van der Waals surface area contributed by atoms with E-state index in [2.05, 4.69) is 21.4 Å². The molecule has 0 aromatic carbocycles. The lowest BCUT2D eigenvalue weighted by Crippen LogP contribution is -2.43. The van der Waals surface area contributed by atoms with Crippen LogP contribution in [0.4, 0.5) is 5.82 Å². The quantitative estimate of drug-likeness (QED) is 0.792. The Morgan fingerprint density at radius 1 is 1.14 bits per heavy atom. The molecule has 0 aliphatic heterocycles. The molecule has 3 atom stereocenters. The molecule has 0 saturated heterocycles. The van der Waals surface area contributed by atoms with Crippen LogP contribution in [0.2, 0.25) is 0 Å². The molecule has 1 heterocycles. The Balaban J connectivity index is 2.00. The third-order valence-corrected chi connectivity index (χ3v) is 3.80. The summed E-state index contributed by atoms with van der Waals surface area (Å²) in [4.78, 5) is 8.66. The van der Waals surface area contributed by atoms with E-state index in [0.717, 1.165) is 28.5 Å². The summed E-state index contributed by atoms with van der Waals surface area (Å²) < 4.78 is 10.9. The summed E-state index contributed by atoms with van der Waals surface area (Å²) in [6.07, 6.45) is 12.1. The lowest BCUT2D eigenvalue weighted by atomic mass is 10.1. The monoisotopic (exact) mass is 300 g/mol. The number of rotatable bonds is 4. The summed E-state index contributed by atoms with van der Waals surface area (Å²) in [5.41, 5.74) is 6.89. The van der Waals surface area contributed by atoms with Gasteiger partial charge in [0.25, 0.3) is 0 Å². The summed E-state index contributed by atoms with van der Waals surface area (Å²) in [5.74, 6) is 0.739. The highest BCUT2D eigenvalue weighted by Gasteiger charge is 2.21. The van der Waals surface area contributed by atoms with Crippen molar-refractivity contribution in [3.05, 3.63) is 40.8 Å². The van der Waals surface area contributed by atoms with Crippen LogP contribution in [0.3, 0.4) is 0 Å². The Morgan fingerprint density at radius 2 is 1.91 bits per heavy atom. The van der Waals surface area contributed by atoms with Gasteiger partial charge >= 0.3 is 0 Å². The van der Waals surface area contributed by atoms with Crippen LogP contribution in [0, 0.1) is 0 Å². The average molecular weight is 300 g/mol. The highest BCUT2D eigenvalue weighted by molar-refractivity contribution is 5.55. The first kappa shape index (κ1) is 14.9. The van der Waals surface area contributed by atoms with Crippen molar-refractivity contribution < 1.29 is 9.47 Å². The third kappa shape index (κ3) is 2.94. The maximum absolute atomic E-state index is 5.95. The van der Waals surface area contributed by atoms with Gasteiger partial charge in [0.2, 0.25) is 0 Å². The Labute approximate surface area is 129 Å². The van der Waals surface area contributed by atoms with E-state index in [4.69, 9.17) is 15.2 Å². The number of methoxy groups -OCH3 is 2. The summed E-state index contributed by atoms with van der Waals surface area (Å²) in [7, 11) is 3.32. The molecule has 0 amide bonds. The average Bonchev–Trinajstić information content (AvgIpc) is 2.54. The minimum Gasteiger partial charge on any atom is -0.374 e. The zero-order chi connectivity index (χ0) is 15.5. The number of anilines is 1. The van der Waals surface area contributed by atoms with Crippen LogP contribution < -0.4 is 21.6 Å². The maximum atomic E-state index is 5.95. The number of hydrogen-bond donors (Lipinski definition) is 2. The molecule has 0 radical (unpaired) electrons. The molecule has 3 unspecified atom stereocenters. The first-order valence-electron chi connectivity index (χ1n) is 7.22.